The number of ether oxygens (including phenoxy) is 5. The van der Waals surface area contributed by atoms with Crippen LogP contribution >= 0.6 is 0 Å². The first-order valence-electron chi connectivity index (χ1n) is 8.32. The summed E-state index contributed by atoms with van der Waals surface area (Å²) in [5.41, 5.74) is -0.242. The van der Waals surface area contributed by atoms with Crippen molar-refractivity contribution in [3.05, 3.63) is 0 Å². The third kappa shape index (κ3) is 4.53. The predicted octanol–water partition coefficient (Wildman–Crippen LogP) is 2.06. The van der Waals surface area contributed by atoms with Crippen molar-refractivity contribution in [1.82, 2.24) is 0 Å². The van der Waals surface area contributed by atoms with Crippen molar-refractivity contribution in [2.75, 3.05) is 20.3 Å². The molecule has 7 heteroatoms. The summed E-state index contributed by atoms with van der Waals surface area (Å²) in [4.78, 5) is 0. The van der Waals surface area contributed by atoms with Gasteiger partial charge in [0, 0.05) is 7.11 Å². The lowest BCUT2D eigenvalue weighted by atomic mass is 10.0. The Kier molecular flexibility index (Phi) is 5.63. The SMILES string of the molecule is CO[C@]12COC(C)(C)O[C@H]1[C@H](O[SiH](C)C)[C@@H](COC(C)(C)C)O2. The highest BCUT2D eigenvalue weighted by Crippen LogP contribution is 2.43. The Labute approximate surface area is 141 Å². The molecule has 2 fully saturated rings. The molecule has 2 saturated heterocycles. The second kappa shape index (κ2) is 6.71. The monoisotopic (exact) mass is 348 g/mol. The molecule has 0 aliphatic carbocycles. The molecule has 0 unspecified atom stereocenters. The molecule has 2 heterocycles. The van der Waals surface area contributed by atoms with Gasteiger partial charge in [-0.15, -0.1) is 0 Å². The maximum atomic E-state index is 6.25. The zero-order valence-electron chi connectivity index (χ0n) is 15.7. The van der Waals surface area contributed by atoms with Gasteiger partial charge in [0.15, 0.2) is 14.8 Å². The van der Waals surface area contributed by atoms with Crippen LogP contribution in [0.1, 0.15) is 34.6 Å². The van der Waals surface area contributed by atoms with E-state index in [1.807, 2.05) is 34.6 Å². The Morgan fingerprint density at radius 3 is 2.35 bits per heavy atom. The minimum atomic E-state index is -1.29. The van der Waals surface area contributed by atoms with Gasteiger partial charge in [-0.05, 0) is 47.7 Å². The summed E-state index contributed by atoms with van der Waals surface area (Å²) in [5.74, 6) is -1.62. The Morgan fingerprint density at radius 2 is 1.83 bits per heavy atom. The van der Waals surface area contributed by atoms with Gasteiger partial charge in [-0.2, -0.15) is 0 Å². The zero-order valence-corrected chi connectivity index (χ0v) is 16.8. The second-order valence-electron chi connectivity index (χ2n) is 7.97. The Hall–Kier alpha value is -0.0231. The molecule has 0 amide bonds. The van der Waals surface area contributed by atoms with Gasteiger partial charge in [-0.25, -0.2) is 0 Å². The molecule has 0 spiro atoms. The molecular weight excluding hydrogens is 316 g/mol. The highest BCUT2D eigenvalue weighted by molar-refractivity contribution is 6.48. The van der Waals surface area contributed by atoms with Gasteiger partial charge in [-0.1, -0.05) is 0 Å². The summed E-state index contributed by atoms with van der Waals surface area (Å²) in [7, 11) is 0.328. The molecule has 0 aromatic rings. The van der Waals surface area contributed by atoms with Crippen molar-refractivity contribution in [1.29, 1.82) is 0 Å². The van der Waals surface area contributed by atoms with Crippen LogP contribution in [0.4, 0.5) is 0 Å². The largest absolute Gasteiger partial charge is 0.412 e. The number of methoxy groups -OCH3 is 1. The lowest BCUT2D eigenvalue weighted by Gasteiger charge is -2.44. The fourth-order valence-corrected chi connectivity index (χ4v) is 3.83. The molecule has 6 nitrogen and oxygen atoms in total. The van der Waals surface area contributed by atoms with Crippen LogP contribution in [0.15, 0.2) is 0 Å². The quantitative estimate of drug-likeness (QED) is 0.709. The van der Waals surface area contributed by atoms with Crippen molar-refractivity contribution in [3.8, 4) is 0 Å². The lowest BCUT2D eigenvalue weighted by molar-refractivity contribution is -0.384. The van der Waals surface area contributed by atoms with E-state index in [0.29, 0.717) is 13.2 Å². The van der Waals surface area contributed by atoms with Gasteiger partial charge in [-0.3, -0.25) is 0 Å². The summed E-state index contributed by atoms with van der Waals surface area (Å²) in [6, 6.07) is 0. The van der Waals surface area contributed by atoms with Gasteiger partial charge in [0.05, 0.1) is 12.2 Å². The fourth-order valence-electron chi connectivity index (χ4n) is 2.88. The molecule has 2 aliphatic rings. The van der Waals surface area contributed by atoms with Crippen LogP contribution in [0.2, 0.25) is 13.1 Å². The molecule has 0 bridgehead atoms. The van der Waals surface area contributed by atoms with Crippen molar-refractivity contribution in [3.63, 3.8) is 0 Å². The first-order chi connectivity index (χ1) is 10.5. The molecule has 0 saturated carbocycles. The van der Waals surface area contributed by atoms with Crippen LogP contribution in [0.3, 0.4) is 0 Å². The normalized spacial score (nSPS) is 37.2. The number of fused-ring (bicyclic) bond motifs is 1. The van der Waals surface area contributed by atoms with Gasteiger partial charge in [0.25, 0.3) is 0 Å². The number of rotatable bonds is 5. The summed E-state index contributed by atoms with van der Waals surface area (Å²) >= 11 is 0. The number of hydrogen-bond acceptors (Lipinski definition) is 6. The smallest absolute Gasteiger partial charge is 0.222 e. The Bertz CT molecular complexity index is 408. The van der Waals surface area contributed by atoms with Crippen molar-refractivity contribution < 1.29 is 28.1 Å². The van der Waals surface area contributed by atoms with Crippen molar-refractivity contribution in [2.24, 2.45) is 0 Å². The maximum absolute atomic E-state index is 6.25. The Balaban J connectivity index is 2.22. The molecule has 23 heavy (non-hydrogen) atoms. The van der Waals surface area contributed by atoms with Crippen LogP contribution < -0.4 is 0 Å². The molecule has 0 radical (unpaired) electrons. The molecule has 0 aromatic heterocycles. The van der Waals surface area contributed by atoms with E-state index < -0.39 is 20.6 Å². The minimum absolute atomic E-state index is 0.216. The Morgan fingerprint density at radius 1 is 1.17 bits per heavy atom. The van der Waals surface area contributed by atoms with Crippen LogP contribution in [0.25, 0.3) is 0 Å². The van der Waals surface area contributed by atoms with Crippen molar-refractivity contribution in [2.45, 2.75) is 83.2 Å². The zero-order chi connectivity index (χ0) is 17.5. The standard InChI is InChI=1S/C16H32O6Si/c1-14(2,3)18-9-11-12(22-23(7)8)13-16(17-6,20-11)10-19-15(4,5)21-13/h11-13,23H,9-10H2,1-8H3/t11-,12-,13+,16+/m1/s1. The fraction of sp³-hybridized carbons (Fsp3) is 1.00. The highest BCUT2D eigenvalue weighted by Gasteiger charge is 2.62. The van der Waals surface area contributed by atoms with E-state index in [-0.39, 0.29) is 23.9 Å². The molecular formula is C16H32O6Si. The van der Waals surface area contributed by atoms with E-state index in [2.05, 4.69) is 13.1 Å². The van der Waals surface area contributed by atoms with Crippen LogP contribution in [-0.4, -0.2) is 64.9 Å². The van der Waals surface area contributed by atoms with E-state index in [0.717, 1.165) is 0 Å². The minimum Gasteiger partial charge on any atom is -0.412 e. The molecule has 4 atom stereocenters. The third-order valence-electron chi connectivity index (χ3n) is 3.94. The van der Waals surface area contributed by atoms with Crippen LogP contribution in [0, 0.1) is 0 Å². The van der Waals surface area contributed by atoms with Gasteiger partial charge in [0.2, 0.25) is 5.79 Å². The van der Waals surface area contributed by atoms with E-state index in [1.165, 1.54) is 0 Å². The molecule has 2 rings (SSSR count). The first-order valence-corrected chi connectivity index (χ1v) is 11.1. The van der Waals surface area contributed by atoms with Gasteiger partial charge >= 0.3 is 0 Å². The van der Waals surface area contributed by atoms with Crippen LogP contribution in [0.5, 0.6) is 0 Å². The summed E-state index contributed by atoms with van der Waals surface area (Å²) in [6.45, 7) is 14.9. The van der Waals surface area contributed by atoms with E-state index in [4.69, 9.17) is 28.1 Å². The second-order valence-corrected chi connectivity index (χ2v) is 10.3. The topological polar surface area (TPSA) is 55.4 Å². The molecule has 0 N–H and O–H groups in total. The average molecular weight is 349 g/mol. The average Bonchev–Trinajstić information content (AvgIpc) is 2.69. The van der Waals surface area contributed by atoms with Crippen LogP contribution in [-0.2, 0) is 28.1 Å². The maximum Gasteiger partial charge on any atom is 0.222 e. The molecule has 0 aromatic carbocycles. The molecule has 136 valence electrons. The summed E-state index contributed by atoms with van der Waals surface area (Å²) in [6.07, 6.45) is -0.793. The summed E-state index contributed by atoms with van der Waals surface area (Å²) in [5, 5.41) is 0. The highest BCUT2D eigenvalue weighted by atomic mass is 28.3. The van der Waals surface area contributed by atoms with Gasteiger partial charge in [0.1, 0.15) is 24.9 Å². The third-order valence-corrected chi connectivity index (χ3v) is 4.79. The number of hydrogen-bond donors (Lipinski definition) is 0. The molecule has 2 aliphatic heterocycles. The van der Waals surface area contributed by atoms with E-state index >= 15 is 0 Å². The first kappa shape index (κ1) is 19.3. The van der Waals surface area contributed by atoms with Crippen molar-refractivity contribution >= 4 is 9.04 Å². The summed E-state index contributed by atoms with van der Waals surface area (Å²) < 4.78 is 36.0. The lowest BCUT2D eigenvalue weighted by Crippen LogP contribution is -2.59. The predicted molar refractivity (Wildman–Crippen MR) is 89.0 cm³/mol. The van der Waals surface area contributed by atoms with Gasteiger partial charge < -0.3 is 28.1 Å². The van der Waals surface area contributed by atoms with E-state index in [1.54, 1.807) is 7.11 Å². The van der Waals surface area contributed by atoms with E-state index in [9.17, 15) is 0 Å².